The first-order valence-corrected chi connectivity index (χ1v) is 6.78. The molecule has 0 unspecified atom stereocenters. The lowest BCUT2D eigenvalue weighted by atomic mass is 9.98. The van der Waals surface area contributed by atoms with Gasteiger partial charge in [0.05, 0.1) is 0 Å². The normalized spacial score (nSPS) is 10.8. The molecule has 0 aliphatic carbocycles. The van der Waals surface area contributed by atoms with Crippen LogP contribution < -0.4 is 4.74 Å². The first-order valence-electron chi connectivity index (χ1n) is 6.40. The van der Waals surface area contributed by atoms with Gasteiger partial charge in [0.1, 0.15) is 17.5 Å². The number of pyridine rings is 1. The maximum Gasteiger partial charge on any atom is 0.135 e. The second-order valence-electron chi connectivity index (χ2n) is 4.92. The Morgan fingerprint density at radius 2 is 2.05 bits per heavy atom. The van der Waals surface area contributed by atoms with Gasteiger partial charge in [0.15, 0.2) is 0 Å². The van der Waals surface area contributed by atoms with Gasteiger partial charge in [-0.3, -0.25) is 0 Å². The van der Waals surface area contributed by atoms with Crippen molar-refractivity contribution >= 4 is 11.6 Å². The van der Waals surface area contributed by atoms with E-state index in [2.05, 4.69) is 37.9 Å². The quantitative estimate of drug-likeness (QED) is 0.752. The van der Waals surface area contributed by atoms with Crippen molar-refractivity contribution in [2.45, 2.75) is 33.3 Å². The van der Waals surface area contributed by atoms with Crippen LogP contribution in [0.2, 0.25) is 5.15 Å². The van der Waals surface area contributed by atoms with E-state index >= 15 is 0 Å². The first-order chi connectivity index (χ1) is 9.08. The second kappa shape index (κ2) is 6.07. The topological polar surface area (TPSA) is 22.1 Å². The van der Waals surface area contributed by atoms with Crippen molar-refractivity contribution in [1.29, 1.82) is 0 Å². The molecule has 100 valence electrons. The molecular weight excluding hydrogens is 258 g/mol. The van der Waals surface area contributed by atoms with E-state index in [1.54, 1.807) is 6.20 Å². The van der Waals surface area contributed by atoms with Crippen LogP contribution in [-0.4, -0.2) is 4.98 Å². The summed E-state index contributed by atoms with van der Waals surface area (Å²) in [6.07, 6.45) is 1.67. The molecule has 1 heterocycles. The molecule has 0 spiro atoms. The number of rotatable bonds is 4. The molecule has 2 aromatic rings. The number of nitrogens with zero attached hydrogens (tertiary/aromatic N) is 1. The van der Waals surface area contributed by atoms with Crippen molar-refractivity contribution in [3.63, 3.8) is 0 Å². The number of benzene rings is 1. The third-order valence-corrected chi connectivity index (χ3v) is 3.43. The molecule has 3 heteroatoms. The van der Waals surface area contributed by atoms with Crippen LogP contribution in [0.3, 0.4) is 0 Å². The van der Waals surface area contributed by atoms with Crippen LogP contribution in [0.1, 0.15) is 36.5 Å². The van der Waals surface area contributed by atoms with E-state index in [4.69, 9.17) is 16.3 Å². The van der Waals surface area contributed by atoms with E-state index in [1.165, 1.54) is 11.1 Å². The van der Waals surface area contributed by atoms with Crippen LogP contribution in [-0.2, 0) is 6.61 Å². The van der Waals surface area contributed by atoms with Crippen molar-refractivity contribution in [3.05, 3.63) is 58.4 Å². The molecule has 2 rings (SSSR count). The van der Waals surface area contributed by atoms with E-state index < -0.39 is 0 Å². The van der Waals surface area contributed by atoms with Crippen LogP contribution in [0.25, 0.3) is 0 Å². The van der Waals surface area contributed by atoms with Gasteiger partial charge in [-0.1, -0.05) is 37.6 Å². The van der Waals surface area contributed by atoms with Crippen molar-refractivity contribution in [3.8, 4) is 5.75 Å². The minimum atomic E-state index is 0.438. The molecule has 0 N–H and O–H groups in total. The molecule has 2 nitrogen and oxygen atoms in total. The van der Waals surface area contributed by atoms with E-state index in [9.17, 15) is 0 Å². The van der Waals surface area contributed by atoms with Gasteiger partial charge in [-0.15, -0.1) is 0 Å². The van der Waals surface area contributed by atoms with Crippen LogP contribution >= 0.6 is 11.6 Å². The summed E-state index contributed by atoms with van der Waals surface area (Å²) in [6.45, 7) is 6.93. The Kier molecular flexibility index (Phi) is 4.43. The minimum Gasteiger partial charge on any atom is -0.489 e. The number of aromatic nitrogens is 1. The molecule has 1 aromatic carbocycles. The number of halogens is 1. The van der Waals surface area contributed by atoms with Gasteiger partial charge in [0, 0.05) is 11.8 Å². The fourth-order valence-corrected chi connectivity index (χ4v) is 2.25. The summed E-state index contributed by atoms with van der Waals surface area (Å²) in [6, 6.07) is 9.98. The molecule has 0 atom stereocenters. The molecule has 0 fully saturated rings. The molecule has 0 bridgehead atoms. The highest BCUT2D eigenvalue weighted by atomic mass is 35.5. The summed E-state index contributed by atoms with van der Waals surface area (Å²) in [5.41, 5.74) is 3.51. The Balaban J connectivity index is 2.08. The van der Waals surface area contributed by atoms with Gasteiger partial charge in [-0.2, -0.15) is 0 Å². The van der Waals surface area contributed by atoms with Gasteiger partial charge in [-0.25, -0.2) is 4.98 Å². The van der Waals surface area contributed by atoms with Gasteiger partial charge in [0.25, 0.3) is 0 Å². The Morgan fingerprint density at radius 3 is 2.68 bits per heavy atom. The maximum atomic E-state index is 6.00. The molecule has 19 heavy (non-hydrogen) atoms. The minimum absolute atomic E-state index is 0.438. The molecule has 1 aromatic heterocycles. The monoisotopic (exact) mass is 275 g/mol. The van der Waals surface area contributed by atoms with E-state index in [0.29, 0.717) is 17.7 Å². The molecule has 0 aliphatic heterocycles. The van der Waals surface area contributed by atoms with Gasteiger partial charge < -0.3 is 4.74 Å². The smallest absolute Gasteiger partial charge is 0.135 e. The predicted molar refractivity (Wildman–Crippen MR) is 78.8 cm³/mol. The van der Waals surface area contributed by atoms with Crippen molar-refractivity contribution in [2.75, 3.05) is 0 Å². The molecule has 0 radical (unpaired) electrons. The maximum absolute atomic E-state index is 6.00. The molecule has 0 aliphatic rings. The zero-order valence-corrected chi connectivity index (χ0v) is 12.2. The number of hydrogen-bond acceptors (Lipinski definition) is 2. The van der Waals surface area contributed by atoms with Gasteiger partial charge in [-0.05, 0) is 42.2 Å². The molecule has 0 saturated carbocycles. The summed E-state index contributed by atoms with van der Waals surface area (Å²) in [5.74, 6) is 1.39. The van der Waals surface area contributed by atoms with Crippen LogP contribution in [0.15, 0.2) is 36.5 Å². The van der Waals surface area contributed by atoms with Crippen LogP contribution in [0.5, 0.6) is 5.75 Å². The third-order valence-electron chi connectivity index (χ3n) is 3.09. The summed E-state index contributed by atoms with van der Waals surface area (Å²) in [5, 5.41) is 0.498. The molecule has 0 amide bonds. The van der Waals surface area contributed by atoms with Gasteiger partial charge in [0.2, 0.25) is 0 Å². The lowest BCUT2D eigenvalue weighted by molar-refractivity contribution is 0.305. The van der Waals surface area contributed by atoms with Crippen molar-refractivity contribution in [1.82, 2.24) is 4.98 Å². The second-order valence-corrected chi connectivity index (χ2v) is 5.27. The lowest BCUT2D eigenvalue weighted by Gasteiger charge is -2.12. The SMILES string of the molecule is Cc1cc(OCc2cccnc2Cl)ccc1C(C)C. The van der Waals surface area contributed by atoms with Crippen molar-refractivity contribution < 1.29 is 4.74 Å². The average molecular weight is 276 g/mol. The molecule has 0 saturated heterocycles. The fraction of sp³-hybridized carbons (Fsp3) is 0.312. The highest BCUT2D eigenvalue weighted by molar-refractivity contribution is 6.30. The largest absolute Gasteiger partial charge is 0.489 e. The third kappa shape index (κ3) is 3.48. The average Bonchev–Trinajstić information content (AvgIpc) is 2.37. The zero-order valence-electron chi connectivity index (χ0n) is 11.5. The summed E-state index contributed by atoms with van der Waals surface area (Å²) in [4.78, 5) is 4.03. The highest BCUT2D eigenvalue weighted by Crippen LogP contribution is 2.24. The van der Waals surface area contributed by atoms with Crippen LogP contribution in [0.4, 0.5) is 0 Å². The number of ether oxygens (including phenoxy) is 1. The first kappa shape index (κ1) is 13.9. The Labute approximate surface area is 119 Å². The lowest BCUT2D eigenvalue weighted by Crippen LogP contribution is -1.99. The van der Waals surface area contributed by atoms with E-state index in [0.717, 1.165) is 11.3 Å². The summed E-state index contributed by atoms with van der Waals surface area (Å²) >= 11 is 6.00. The van der Waals surface area contributed by atoms with Crippen molar-refractivity contribution in [2.24, 2.45) is 0 Å². The Bertz CT molecular complexity index is 566. The standard InChI is InChI=1S/C16H18ClNO/c1-11(2)15-7-6-14(9-12(15)3)19-10-13-5-4-8-18-16(13)17/h4-9,11H,10H2,1-3H3. The zero-order chi connectivity index (χ0) is 13.8. The Hall–Kier alpha value is -1.54. The van der Waals surface area contributed by atoms with Gasteiger partial charge >= 0.3 is 0 Å². The van der Waals surface area contributed by atoms with E-state index in [1.807, 2.05) is 18.2 Å². The fourth-order valence-electron chi connectivity index (χ4n) is 2.07. The molecular formula is C16H18ClNO. The predicted octanol–water partition coefficient (Wildman–Crippen LogP) is 4.75. The van der Waals surface area contributed by atoms with Crippen LogP contribution in [0, 0.1) is 6.92 Å². The van der Waals surface area contributed by atoms with E-state index in [-0.39, 0.29) is 0 Å². The highest BCUT2D eigenvalue weighted by Gasteiger charge is 2.06. The number of hydrogen-bond donors (Lipinski definition) is 0. The summed E-state index contributed by atoms with van der Waals surface area (Å²) in [7, 11) is 0. The Morgan fingerprint density at radius 1 is 1.26 bits per heavy atom. The summed E-state index contributed by atoms with van der Waals surface area (Å²) < 4.78 is 5.76. The number of aryl methyl sites for hydroxylation is 1.